The normalized spacial score (nSPS) is 19.0. The fourth-order valence-electron chi connectivity index (χ4n) is 5.56. The van der Waals surface area contributed by atoms with Crippen LogP contribution in [0.4, 0.5) is 0 Å². The smallest absolute Gasteiger partial charge is 0.335 e. The molecule has 3 unspecified atom stereocenters. The Morgan fingerprint density at radius 3 is 2.10 bits per heavy atom. The first kappa shape index (κ1) is 28.3. The highest BCUT2D eigenvalue weighted by molar-refractivity contribution is 5.94. The van der Waals surface area contributed by atoms with Gasteiger partial charge in [-0.3, -0.25) is 14.6 Å². The Labute approximate surface area is 231 Å². The van der Waals surface area contributed by atoms with E-state index in [0.717, 1.165) is 36.3 Å². The molecule has 1 fully saturated rings. The Bertz CT molecular complexity index is 1270. The number of benzene rings is 3. The number of carboxylic acid groups (broad SMARTS) is 1. The number of amides is 1. The molecule has 3 atom stereocenters. The minimum absolute atomic E-state index is 0.0347. The number of phenols is 1. The van der Waals surface area contributed by atoms with E-state index >= 15 is 0 Å². The van der Waals surface area contributed by atoms with Crippen LogP contribution in [-0.2, 0) is 6.54 Å². The fraction of sp³-hybridized carbons (Fsp3) is 0.375. The van der Waals surface area contributed by atoms with Gasteiger partial charge in [0.1, 0.15) is 5.75 Å². The second-order valence-electron chi connectivity index (χ2n) is 10.4. The molecule has 39 heavy (non-hydrogen) atoms. The molecular weight excluding hydrogens is 490 g/mol. The van der Waals surface area contributed by atoms with Crippen molar-refractivity contribution < 1.29 is 19.8 Å². The molecule has 206 valence electrons. The first-order valence-corrected chi connectivity index (χ1v) is 13.7. The summed E-state index contributed by atoms with van der Waals surface area (Å²) in [5.41, 5.74) is 4.15. The Morgan fingerprint density at radius 2 is 1.51 bits per heavy atom. The molecule has 0 saturated carbocycles. The largest absolute Gasteiger partial charge is 0.508 e. The number of aromatic carboxylic acids is 1. The van der Waals surface area contributed by atoms with Gasteiger partial charge in [-0.25, -0.2) is 4.79 Å². The van der Waals surface area contributed by atoms with Crippen molar-refractivity contribution in [3.63, 3.8) is 0 Å². The molecule has 1 saturated heterocycles. The zero-order valence-electron chi connectivity index (χ0n) is 23.2. The molecule has 7 nitrogen and oxygen atoms in total. The number of hydrogen-bond acceptors (Lipinski definition) is 5. The number of carbonyl (C=O) groups is 2. The minimum Gasteiger partial charge on any atom is -0.508 e. The summed E-state index contributed by atoms with van der Waals surface area (Å²) in [5, 5.41) is 19.5. The number of phenolic OH excluding ortho intramolecular Hbond substituents is 1. The van der Waals surface area contributed by atoms with Gasteiger partial charge in [0.2, 0.25) is 0 Å². The summed E-state index contributed by atoms with van der Waals surface area (Å²) in [7, 11) is 0. The monoisotopic (exact) mass is 529 g/mol. The highest BCUT2D eigenvalue weighted by Crippen LogP contribution is 2.35. The molecule has 0 aromatic heterocycles. The lowest BCUT2D eigenvalue weighted by Crippen LogP contribution is -2.56. The molecule has 7 heteroatoms. The van der Waals surface area contributed by atoms with Crippen molar-refractivity contribution in [1.29, 1.82) is 0 Å². The van der Waals surface area contributed by atoms with Crippen LogP contribution in [0.25, 0.3) is 0 Å². The molecule has 3 aromatic rings. The molecule has 4 rings (SSSR count). The molecule has 1 aliphatic heterocycles. The van der Waals surface area contributed by atoms with Gasteiger partial charge in [-0.15, -0.1) is 0 Å². The average molecular weight is 530 g/mol. The van der Waals surface area contributed by atoms with E-state index in [9.17, 15) is 19.8 Å². The molecule has 0 spiro atoms. The van der Waals surface area contributed by atoms with Crippen LogP contribution in [0.15, 0.2) is 72.8 Å². The van der Waals surface area contributed by atoms with Crippen molar-refractivity contribution >= 4 is 11.9 Å². The SMILES string of the molecule is CCN(CC)C(=O)c1ccc(C(c2cccc(O)c2)N2CC(C)N(Cc3ccc(C(=O)O)cc3)CC2C)cc1. The van der Waals surface area contributed by atoms with Gasteiger partial charge in [0, 0.05) is 50.4 Å². The van der Waals surface area contributed by atoms with E-state index in [1.165, 1.54) is 0 Å². The molecule has 1 aliphatic rings. The molecule has 0 radical (unpaired) electrons. The Balaban J connectivity index is 1.58. The van der Waals surface area contributed by atoms with Gasteiger partial charge in [-0.05, 0) is 80.8 Å². The van der Waals surface area contributed by atoms with Crippen LogP contribution in [-0.4, -0.2) is 75.1 Å². The first-order valence-electron chi connectivity index (χ1n) is 13.7. The summed E-state index contributed by atoms with van der Waals surface area (Å²) in [6.07, 6.45) is 0. The maximum absolute atomic E-state index is 12.9. The number of rotatable bonds is 9. The molecule has 0 bridgehead atoms. The molecule has 2 N–H and O–H groups in total. The fourth-order valence-corrected chi connectivity index (χ4v) is 5.56. The van der Waals surface area contributed by atoms with Crippen LogP contribution in [0.1, 0.15) is 71.1 Å². The van der Waals surface area contributed by atoms with Gasteiger partial charge in [-0.1, -0.05) is 36.4 Å². The molecular formula is C32H39N3O4. The van der Waals surface area contributed by atoms with Gasteiger partial charge in [0.25, 0.3) is 5.91 Å². The summed E-state index contributed by atoms with van der Waals surface area (Å²) in [6, 6.07) is 22.8. The van der Waals surface area contributed by atoms with E-state index in [4.69, 9.17) is 0 Å². The number of aromatic hydroxyl groups is 1. The van der Waals surface area contributed by atoms with Crippen molar-refractivity contribution in [1.82, 2.24) is 14.7 Å². The van der Waals surface area contributed by atoms with Crippen LogP contribution in [0.2, 0.25) is 0 Å². The predicted octanol–water partition coefficient (Wildman–Crippen LogP) is 5.26. The van der Waals surface area contributed by atoms with Crippen LogP contribution in [0.5, 0.6) is 5.75 Å². The lowest BCUT2D eigenvalue weighted by molar-refractivity contribution is 0.0195. The average Bonchev–Trinajstić information content (AvgIpc) is 2.93. The Hall–Kier alpha value is -3.68. The Kier molecular flexibility index (Phi) is 9.04. The summed E-state index contributed by atoms with van der Waals surface area (Å²) in [4.78, 5) is 30.8. The topological polar surface area (TPSA) is 84.3 Å². The summed E-state index contributed by atoms with van der Waals surface area (Å²) in [5.74, 6) is -0.650. The van der Waals surface area contributed by atoms with Crippen LogP contribution in [0, 0.1) is 0 Å². The van der Waals surface area contributed by atoms with Gasteiger partial charge >= 0.3 is 5.97 Å². The predicted molar refractivity (Wildman–Crippen MR) is 153 cm³/mol. The number of carboxylic acids is 1. The second kappa shape index (κ2) is 12.5. The summed E-state index contributed by atoms with van der Waals surface area (Å²) < 4.78 is 0. The van der Waals surface area contributed by atoms with E-state index in [1.54, 1.807) is 18.2 Å². The number of hydrogen-bond donors (Lipinski definition) is 2. The number of piperazine rings is 1. The van der Waals surface area contributed by atoms with E-state index in [0.29, 0.717) is 24.2 Å². The van der Waals surface area contributed by atoms with Crippen molar-refractivity contribution in [2.75, 3.05) is 26.2 Å². The molecule has 1 heterocycles. The van der Waals surface area contributed by atoms with E-state index < -0.39 is 5.97 Å². The van der Waals surface area contributed by atoms with Gasteiger partial charge in [-0.2, -0.15) is 0 Å². The van der Waals surface area contributed by atoms with E-state index in [-0.39, 0.29) is 29.8 Å². The van der Waals surface area contributed by atoms with Crippen molar-refractivity contribution in [2.45, 2.75) is 52.4 Å². The second-order valence-corrected chi connectivity index (χ2v) is 10.4. The number of nitrogens with zero attached hydrogens (tertiary/aromatic N) is 3. The molecule has 3 aromatic carbocycles. The van der Waals surface area contributed by atoms with E-state index in [2.05, 4.69) is 23.6 Å². The lowest BCUT2D eigenvalue weighted by Gasteiger charge is -2.47. The maximum atomic E-state index is 12.9. The summed E-state index contributed by atoms with van der Waals surface area (Å²) >= 11 is 0. The summed E-state index contributed by atoms with van der Waals surface area (Å²) in [6.45, 7) is 12.2. The zero-order valence-corrected chi connectivity index (χ0v) is 23.2. The third kappa shape index (κ3) is 6.49. The minimum atomic E-state index is -0.916. The zero-order chi connectivity index (χ0) is 28.1. The van der Waals surface area contributed by atoms with Gasteiger partial charge in [0.15, 0.2) is 0 Å². The molecule has 1 amide bonds. The Morgan fingerprint density at radius 1 is 0.872 bits per heavy atom. The highest BCUT2D eigenvalue weighted by Gasteiger charge is 2.35. The van der Waals surface area contributed by atoms with Gasteiger partial charge < -0.3 is 15.1 Å². The van der Waals surface area contributed by atoms with E-state index in [1.807, 2.05) is 73.3 Å². The highest BCUT2D eigenvalue weighted by atomic mass is 16.4. The maximum Gasteiger partial charge on any atom is 0.335 e. The quantitative estimate of drug-likeness (QED) is 0.394. The number of carbonyl (C=O) groups excluding carboxylic acids is 1. The van der Waals surface area contributed by atoms with Gasteiger partial charge in [0.05, 0.1) is 11.6 Å². The van der Waals surface area contributed by atoms with Crippen LogP contribution in [0.3, 0.4) is 0 Å². The first-order chi connectivity index (χ1) is 18.7. The standard InChI is InChI=1S/C32H39N3O4/c1-5-33(6-2)31(37)26-16-14-25(15-17-26)30(28-8-7-9-29(36)18-28)35-20-22(3)34(19-23(35)4)21-24-10-12-27(13-11-24)32(38)39/h7-18,22-23,30,36H,5-6,19-21H2,1-4H3,(H,38,39). The van der Waals surface area contributed by atoms with Crippen molar-refractivity contribution in [3.8, 4) is 5.75 Å². The lowest BCUT2D eigenvalue weighted by atomic mass is 9.92. The third-order valence-corrected chi connectivity index (χ3v) is 7.79. The molecule has 0 aliphatic carbocycles. The van der Waals surface area contributed by atoms with Crippen LogP contribution < -0.4 is 0 Å². The van der Waals surface area contributed by atoms with Crippen LogP contribution >= 0.6 is 0 Å². The van der Waals surface area contributed by atoms with Crippen molar-refractivity contribution in [2.24, 2.45) is 0 Å². The third-order valence-electron chi connectivity index (χ3n) is 7.79. The van der Waals surface area contributed by atoms with Crippen molar-refractivity contribution in [3.05, 3.63) is 101 Å².